The van der Waals surface area contributed by atoms with E-state index >= 15 is 0 Å². The van der Waals surface area contributed by atoms with Crippen molar-refractivity contribution in [1.82, 2.24) is 4.90 Å². The lowest BCUT2D eigenvalue weighted by Gasteiger charge is -2.38. The van der Waals surface area contributed by atoms with Gasteiger partial charge in [0.1, 0.15) is 0 Å². The fraction of sp³-hybridized carbons (Fsp3) is 0.556. The van der Waals surface area contributed by atoms with Gasteiger partial charge in [-0.05, 0) is 43.1 Å². The topological polar surface area (TPSA) is 57.6 Å². The Morgan fingerprint density at radius 1 is 1.18 bits per heavy atom. The number of carboxylic acid groups (broad SMARTS) is 1. The average molecular weight is 301 g/mol. The zero-order valence-corrected chi connectivity index (χ0v) is 12.8. The minimum atomic E-state index is -0.773. The molecule has 0 bridgehead atoms. The molecule has 0 radical (unpaired) electrons. The number of hydrogen-bond donors (Lipinski definition) is 1. The first kappa shape index (κ1) is 15.1. The molecule has 1 amide bonds. The van der Waals surface area contributed by atoms with Gasteiger partial charge >= 0.3 is 5.97 Å². The highest BCUT2D eigenvalue weighted by Crippen LogP contribution is 2.43. The van der Waals surface area contributed by atoms with Crippen LogP contribution in [-0.2, 0) is 9.59 Å². The van der Waals surface area contributed by atoms with Crippen LogP contribution in [0.25, 0.3) is 0 Å². The molecule has 22 heavy (non-hydrogen) atoms. The zero-order chi connectivity index (χ0) is 15.5. The Balaban J connectivity index is 1.46. The molecule has 1 unspecified atom stereocenters. The highest BCUT2D eigenvalue weighted by Gasteiger charge is 2.34. The first-order valence-corrected chi connectivity index (χ1v) is 8.19. The number of aliphatic carboxylic acids is 1. The summed E-state index contributed by atoms with van der Waals surface area (Å²) in [5.74, 6) is 0.0407. The fourth-order valence-corrected chi connectivity index (χ4v) is 3.68. The summed E-state index contributed by atoms with van der Waals surface area (Å²) in [5.41, 5.74) is 1.37. The number of likely N-dealkylation sites (tertiary alicyclic amines) is 1. The highest BCUT2D eigenvalue weighted by atomic mass is 16.4. The summed E-state index contributed by atoms with van der Waals surface area (Å²) >= 11 is 0. The summed E-state index contributed by atoms with van der Waals surface area (Å²) in [7, 11) is 0. The number of nitrogens with zero attached hydrogens (tertiary/aromatic N) is 1. The van der Waals surface area contributed by atoms with Gasteiger partial charge in [-0.25, -0.2) is 0 Å². The average Bonchev–Trinajstić information content (AvgIpc) is 2.51. The van der Waals surface area contributed by atoms with Crippen LogP contribution in [0.2, 0.25) is 0 Å². The third-order valence-corrected chi connectivity index (χ3v) is 5.09. The van der Waals surface area contributed by atoms with Crippen LogP contribution in [0.15, 0.2) is 30.3 Å². The van der Waals surface area contributed by atoms with Crippen molar-refractivity contribution in [2.75, 3.05) is 13.1 Å². The second kappa shape index (κ2) is 6.51. The van der Waals surface area contributed by atoms with Gasteiger partial charge in [0.2, 0.25) is 5.91 Å². The van der Waals surface area contributed by atoms with Crippen molar-refractivity contribution < 1.29 is 14.7 Å². The van der Waals surface area contributed by atoms with Crippen LogP contribution in [-0.4, -0.2) is 35.0 Å². The van der Waals surface area contributed by atoms with Gasteiger partial charge in [0, 0.05) is 19.5 Å². The lowest BCUT2D eigenvalue weighted by atomic mass is 9.70. The molecule has 1 atom stereocenters. The molecular formula is C18H23NO3. The monoisotopic (exact) mass is 301 g/mol. The maximum atomic E-state index is 12.3. The number of carboxylic acids is 1. The standard InChI is InChI=1S/C18H23NO3/c20-17(19-8-4-7-15(12-19)18(21)22)11-13-9-16(10-13)14-5-2-1-3-6-14/h1-3,5-6,13,15-16H,4,7-12H2,(H,21,22). The second-order valence-electron chi connectivity index (χ2n) is 6.67. The molecule has 1 aromatic rings. The number of carbonyl (C=O) groups is 2. The molecule has 1 saturated carbocycles. The largest absolute Gasteiger partial charge is 0.481 e. The molecule has 1 heterocycles. The van der Waals surface area contributed by atoms with Gasteiger partial charge in [-0.3, -0.25) is 9.59 Å². The number of carbonyl (C=O) groups excluding carboxylic acids is 1. The van der Waals surface area contributed by atoms with Gasteiger partial charge in [-0.15, -0.1) is 0 Å². The van der Waals surface area contributed by atoms with Gasteiger partial charge in [-0.1, -0.05) is 30.3 Å². The Labute approximate surface area is 131 Å². The fourth-order valence-electron chi connectivity index (χ4n) is 3.68. The summed E-state index contributed by atoms with van der Waals surface area (Å²) < 4.78 is 0. The first-order chi connectivity index (χ1) is 10.6. The molecule has 3 rings (SSSR count). The zero-order valence-electron chi connectivity index (χ0n) is 12.8. The van der Waals surface area contributed by atoms with Crippen molar-refractivity contribution in [3.05, 3.63) is 35.9 Å². The van der Waals surface area contributed by atoms with Crippen molar-refractivity contribution in [3.63, 3.8) is 0 Å². The number of benzene rings is 1. The molecule has 4 heteroatoms. The Hall–Kier alpha value is -1.84. The number of amides is 1. The Kier molecular flexibility index (Phi) is 4.46. The summed E-state index contributed by atoms with van der Waals surface area (Å²) in [6.45, 7) is 1.11. The lowest BCUT2D eigenvalue weighted by Crippen LogP contribution is -2.43. The van der Waals surface area contributed by atoms with E-state index in [1.165, 1.54) is 5.56 Å². The van der Waals surface area contributed by atoms with Crippen molar-refractivity contribution >= 4 is 11.9 Å². The van der Waals surface area contributed by atoms with Gasteiger partial charge in [0.05, 0.1) is 5.92 Å². The van der Waals surface area contributed by atoms with E-state index in [1.807, 2.05) is 6.07 Å². The van der Waals surface area contributed by atoms with E-state index in [2.05, 4.69) is 24.3 Å². The molecule has 0 aromatic heterocycles. The van der Waals surface area contributed by atoms with Crippen molar-refractivity contribution in [3.8, 4) is 0 Å². The molecular weight excluding hydrogens is 278 g/mol. The molecule has 1 aliphatic carbocycles. The van der Waals surface area contributed by atoms with Crippen molar-refractivity contribution in [1.29, 1.82) is 0 Å². The SMILES string of the molecule is O=C(O)C1CCCN(C(=O)CC2CC(c3ccccc3)C2)C1. The third kappa shape index (κ3) is 3.32. The summed E-state index contributed by atoms with van der Waals surface area (Å²) in [6, 6.07) is 10.5. The van der Waals surface area contributed by atoms with Gasteiger partial charge in [0.25, 0.3) is 0 Å². The van der Waals surface area contributed by atoms with Crippen LogP contribution in [0, 0.1) is 11.8 Å². The Morgan fingerprint density at radius 2 is 1.91 bits per heavy atom. The van der Waals surface area contributed by atoms with Crippen molar-refractivity contribution in [2.24, 2.45) is 11.8 Å². The molecule has 1 N–H and O–H groups in total. The second-order valence-corrected chi connectivity index (χ2v) is 6.67. The quantitative estimate of drug-likeness (QED) is 0.930. The summed E-state index contributed by atoms with van der Waals surface area (Å²) in [5, 5.41) is 9.10. The predicted octanol–water partition coefficient (Wildman–Crippen LogP) is 2.89. The van der Waals surface area contributed by atoms with Gasteiger partial charge in [-0.2, -0.15) is 0 Å². The Morgan fingerprint density at radius 3 is 2.59 bits per heavy atom. The van der Waals surface area contributed by atoms with Crippen LogP contribution in [0.5, 0.6) is 0 Å². The van der Waals surface area contributed by atoms with Crippen LogP contribution < -0.4 is 0 Å². The number of hydrogen-bond acceptors (Lipinski definition) is 2. The molecule has 1 aliphatic heterocycles. The van der Waals surface area contributed by atoms with E-state index in [9.17, 15) is 9.59 Å². The van der Waals surface area contributed by atoms with E-state index in [0.29, 0.717) is 31.2 Å². The number of rotatable bonds is 4. The first-order valence-electron chi connectivity index (χ1n) is 8.19. The molecule has 2 fully saturated rings. The smallest absolute Gasteiger partial charge is 0.308 e. The molecule has 4 nitrogen and oxygen atoms in total. The van der Waals surface area contributed by atoms with Crippen LogP contribution in [0.3, 0.4) is 0 Å². The minimum Gasteiger partial charge on any atom is -0.481 e. The molecule has 118 valence electrons. The van der Waals surface area contributed by atoms with Crippen LogP contribution >= 0.6 is 0 Å². The van der Waals surface area contributed by atoms with E-state index in [4.69, 9.17) is 5.11 Å². The van der Waals surface area contributed by atoms with Gasteiger partial charge < -0.3 is 10.0 Å². The highest BCUT2D eigenvalue weighted by molar-refractivity contribution is 5.78. The molecule has 1 aromatic carbocycles. The third-order valence-electron chi connectivity index (χ3n) is 5.09. The lowest BCUT2D eigenvalue weighted by molar-refractivity contribution is -0.146. The summed E-state index contributed by atoms with van der Waals surface area (Å²) in [4.78, 5) is 25.2. The van der Waals surface area contributed by atoms with Crippen LogP contribution in [0.1, 0.15) is 43.6 Å². The van der Waals surface area contributed by atoms with E-state index < -0.39 is 5.97 Å². The normalized spacial score (nSPS) is 28.0. The molecule has 0 spiro atoms. The predicted molar refractivity (Wildman–Crippen MR) is 83.5 cm³/mol. The van der Waals surface area contributed by atoms with Crippen molar-refractivity contribution in [2.45, 2.75) is 38.0 Å². The summed E-state index contributed by atoms with van der Waals surface area (Å²) in [6.07, 6.45) is 4.23. The maximum absolute atomic E-state index is 12.3. The number of piperidine rings is 1. The molecule has 2 aliphatic rings. The Bertz CT molecular complexity index is 537. The van der Waals surface area contributed by atoms with E-state index in [1.54, 1.807) is 4.90 Å². The molecule has 1 saturated heterocycles. The van der Waals surface area contributed by atoms with E-state index in [0.717, 1.165) is 25.8 Å². The maximum Gasteiger partial charge on any atom is 0.308 e. The van der Waals surface area contributed by atoms with Crippen LogP contribution in [0.4, 0.5) is 0 Å². The van der Waals surface area contributed by atoms with Gasteiger partial charge in [0.15, 0.2) is 0 Å². The van der Waals surface area contributed by atoms with E-state index in [-0.39, 0.29) is 11.8 Å². The minimum absolute atomic E-state index is 0.141.